The maximum atomic E-state index is 12.3. The number of hydrogen-bond donors (Lipinski definition) is 4. The van der Waals surface area contributed by atoms with E-state index in [1.807, 2.05) is 19.9 Å². The molecule has 1 aliphatic heterocycles. The van der Waals surface area contributed by atoms with Gasteiger partial charge in [-0.15, -0.1) is 57.1 Å². The predicted molar refractivity (Wildman–Crippen MR) is 358 cm³/mol. The third-order valence-electron chi connectivity index (χ3n) is 12.1. The van der Waals surface area contributed by atoms with Crippen LogP contribution in [0, 0.1) is 52.5 Å². The Labute approximate surface area is 804 Å². The summed E-state index contributed by atoms with van der Waals surface area (Å²) in [5, 5.41) is 26.5. The Balaban J connectivity index is -0.000000278. The number of pyridine rings is 6. The number of aliphatic hydroxyl groups excluding tert-OH is 2. The molecular formula is C65H74Cl4N8O21Rb4-4. The van der Waals surface area contributed by atoms with E-state index >= 15 is 0 Å². The van der Waals surface area contributed by atoms with Gasteiger partial charge < -0.3 is 100 Å². The number of aromatic nitrogens is 6. The predicted octanol–water partition coefficient (Wildman–Crippen LogP) is -3.85. The summed E-state index contributed by atoms with van der Waals surface area (Å²) < 4.78 is 28.7. The number of fused-ring (bicyclic) bond motifs is 3. The summed E-state index contributed by atoms with van der Waals surface area (Å²) in [5.74, 6) is -2.86. The van der Waals surface area contributed by atoms with E-state index in [4.69, 9.17) is 85.7 Å². The molecule has 0 bridgehead atoms. The van der Waals surface area contributed by atoms with Gasteiger partial charge >= 0.3 is 257 Å². The summed E-state index contributed by atoms with van der Waals surface area (Å²) in [6.07, 6.45) is 16.1. The number of aliphatic hydroxyl groups is 2. The van der Waals surface area contributed by atoms with Gasteiger partial charge in [-0.25, -0.2) is 19.2 Å². The van der Waals surface area contributed by atoms with Crippen molar-refractivity contribution >= 4 is 81.3 Å². The molecule has 9 N–H and O–H groups in total. The fraction of sp³-hybridized carbons (Fsp3) is 0.338. The number of hydrogen-bond acceptors (Lipinski definition) is 26. The van der Waals surface area contributed by atoms with Crippen LogP contribution in [0.1, 0.15) is 124 Å². The zero-order valence-electron chi connectivity index (χ0n) is 59.4. The number of ether oxygens (including phenoxy) is 4. The quantitative estimate of drug-likeness (QED) is 0.0112. The minimum atomic E-state index is -1.23. The van der Waals surface area contributed by atoms with Crippen molar-refractivity contribution in [1.29, 1.82) is 0 Å². The normalized spacial score (nSPS) is 11.4. The van der Waals surface area contributed by atoms with E-state index in [2.05, 4.69) is 44.7 Å². The van der Waals surface area contributed by atoms with E-state index in [1.165, 1.54) is 43.7 Å². The van der Waals surface area contributed by atoms with E-state index in [1.54, 1.807) is 102 Å². The van der Waals surface area contributed by atoms with Gasteiger partial charge in [0.05, 0.1) is 51.7 Å². The second kappa shape index (κ2) is 56.4. The molecule has 0 radical (unpaired) electrons. The van der Waals surface area contributed by atoms with Crippen molar-refractivity contribution in [2.75, 3.05) is 53.7 Å². The number of nitrogens with zero attached hydrogens (tertiary/aromatic N) is 7. The number of nitrogens with two attached hydrogens (primary N) is 1. The van der Waals surface area contributed by atoms with E-state index in [0.717, 1.165) is 28.5 Å². The molecule has 29 nitrogen and oxygen atoms in total. The number of esters is 3. The molecule has 0 fully saturated rings. The molecule has 102 heavy (non-hydrogen) atoms. The van der Waals surface area contributed by atoms with Crippen LogP contribution < -0.4 is 260 Å². The van der Waals surface area contributed by atoms with Crippen molar-refractivity contribution in [1.82, 2.24) is 34.0 Å². The number of aryl methyl sites for hydroxylation is 4. The molecule has 37 heteroatoms. The third kappa shape index (κ3) is 35.6. The molecule has 1 aliphatic rings. The zero-order valence-corrected chi connectivity index (χ0v) is 82.1. The van der Waals surface area contributed by atoms with Crippen molar-refractivity contribution < 1.29 is 322 Å². The number of ketones is 1. The Morgan fingerprint density at radius 1 is 0.647 bits per heavy atom. The molecule has 7 aromatic heterocycles. The average Bonchev–Trinajstić information content (AvgIpc) is 1.60. The van der Waals surface area contributed by atoms with Gasteiger partial charge in [0.1, 0.15) is 40.2 Å². The van der Waals surface area contributed by atoms with Gasteiger partial charge in [-0.3, -0.25) is 24.0 Å². The van der Waals surface area contributed by atoms with Gasteiger partial charge in [-0.05, 0) is 65.6 Å². The van der Waals surface area contributed by atoms with E-state index in [0.29, 0.717) is 40.6 Å². The van der Waals surface area contributed by atoms with Gasteiger partial charge in [-0.1, -0.05) is 69.2 Å². The molecule has 0 unspecified atom stereocenters. The Kier molecular flexibility index (Phi) is 61.3. The summed E-state index contributed by atoms with van der Waals surface area (Å²) >= 11 is 22.8. The molecule has 0 spiro atoms. The number of carbonyl (C=O) groups is 6. The summed E-state index contributed by atoms with van der Waals surface area (Å²) in [6.45, 7) is 19.8. The van der Waals surface area contributed by atoms with Crippen LogP contribution >= 0.6 is 46.4 Å². The summed E-state index contributed by atoms with van der Waals surface area (Å²) in [6, 6.07) is 10.1. The van der Waals surface area contributed by atoms with E-state index in [-0.39, 0.29) is 361 Å². The molecule has 0 amide bonds. The minimum Gasteiger partial charge on any atom is -0.870 e. The third-order valence-corrected chi connectivity index (χ3v) is 13.2. The monoisotopic (exact) mass is 1780 g/mol. The Morgan fingerprint density at radius 2 is 1.09 bits per heavy atom. The summed E-state index contributed by atoms with van der Waals surface area (Å²) in [4.78, 5) is 121. The zero-order chi connectivity index (χ0) is 70.8. The van der Waals surface area contributed by atoms with Crippen molar-refractivity contribution in [3.63, 3.8) is 0 Å². The minimum absolute atomic E-state index is 0. The van der Waals surface area contributed by atoms with Gasteiger partial charge in [0.2, 0.25) is 5.24 Å². The van der Waals surface area contributed by atoms with Crippen LogP contribution in [0.25, 0.3) is 33.8 Å². The maximum Gasteiger partial charge on any atom is 1.00 e. The molecule has 536 valence electrons. The molecule has 8 heterocycles. The summed E-state index contributed by atoms with van der Waals surface area (Å²) in [5.41, 5.74) is 9.13. The van der Waals surface area contributed by atoms with Crippen molar-refractivity contribution in [3.05, 3.63) is 188 Å². The summed E-state index contributed by atoms with van der Waals surface area (Å²) in [7, 11) is 3.48. The van der Waals surface area contributed by atoms with Gasteiger partial charge in [-0.2, -0.15) is 24.3 Å². The molecule has 0 aliphatic carbocycles. The van der Waals surface area contributed by atoms with Gasteiger partial charge in [0, 0.05) is 83.8 Å². The first kappa shape index (κ1) is 111. The van der Waals surface area contributed by atoms with Crippen molar-refractivity contribution in [2.45, 2.75) is 94.3 Å². The van der Waals surface area contributed by atoms with E-state index in [9.17, 15) is 48.3 Å². The number of halogens is 4. The molecule has 7 aromatic rings. The number of aromatic carboxylic acids is 1. The first-order valence-corrected chi connectivity index (χ1v) is 29.9. The fourth-order valence-corrected chi connectivity index (χ4v) is 8.39. The second-order valence-corrected chi connectivity index (χ2v) is 21.8. The second-order valence-electron chi connectivity index (χ2n) is 20.4. The first-order valence-electron chi connectivity index (χ1n) is 28.4. The number of carboxylic acids is 1. The van der Waals surface area contributed by atoms with Crippen LogP contribution in [-0.4, -0.2) is 166 Å². The van der Waals surface area contributed by atoms with Crippen LogP contribution in [0.4, 0.5) is 0 Å². The molecule has 0 aromatic carbocycles. The number of rotatable bonds is 15. The van der Waals surface area contributed by atoms with Crippen LogP contribution in [0.15, 0.2) is 91.7 Å². The Hall–Kier alpha value is -1.89. The molecule has 8 rings (SSSR count). The smallest absolute Gasteiger partial charge is 0.870 e. The number of carboxylic acid groups (broad SMARTS) is 1. The number of carbonyl (C=O) groups excluding carboxylic acids is 5. The fourth-order valence-electron chi connectivity index (χ4n) is 7.63. The number of Topliss-reactive ketones (excluding diaryl/α,β-unsaturated/α-hetero) is 1. The van der Waals surface area contributed by atoms with Crippen LogP contribution in [0.3, 0.4) is 0 Å². The average molecular weight is 1790 g/mol. The maximum absolute atomic E-state index is 12.3. The van der Waals surface area contributed by atoms with Gasteiger partial charge in [0.25, 0.3) is 0 Å². The van der Waals surface area contributed by atoms with E-state index < -0.39 is 45.4 Å². The SMILES string of the molecule is CCOC(=O)/C(=C\N(C)C)C(C)=O.CCOC(=O)c1cn([C@H](C)CO)c(-c2cc(C)[c-]nc2Cl)cc1=O.CCOC(=O)c1coc(-c2cc(C)[c-]nc2Cl)cc1=O.C[C@@H](N)CO.Cc1[c-]nc(Cl)c(C(=O)Cl)c1.Cc1[c-]nc2c(c1)-c1cc(=O)c(C(=O)O)cn1[C@H](C)CO2.[OH-].[OH-].[OH-].[OH-].[Rb+].[Rb+].[Rb+].[Rb+]. The molecule has 0 saturated carbocycles. The van der Waals surface area contributed by atoms with Crippen LogP contribution in [-0.2, 0) is 23.8 Å². The topological polar surface area (TPSA) is 475 Å². The standard InChI is InChI=1S/C17H18ClN2O4.C15H13N2O4.C14H11ClNO4.C9H15NO3.C7H4Cl2NO.C3H9NO.4H2O.4Rb/c1-4-24-17(23)13-8-20(11(3)9-21)14(6-15(13)22)12-5-10(2)7-19-16(12)18;1-8-3-10-12-4-13(18)11(15(19)20)6-17(12)9(2)7-21-14(10)16-5-8;1-3-19-14(18)10-7-20-12(5-11(10)17)9-4-8(2)6-16-13(9)15;1-5-13-9(12)8(7(2)11)6-10(3)4;1-4-2-5(7(9)11)6(8)10-3-4;1-3(4)2-5;;;;;;;;/h5-6,8,11,21H,4,9H2,1-3H3;3-4,6,9H,7H2,1-2H3,(H,19,20);4-5,7H,3H2,1-2H3;6H,5H2,1-4H3;2H,1H3;3,5H,2,4H2,1H3;4*1H2;;;;/q3*-1;;-1;;;;;;4*+1/p-4/b;;;8-6-;;;;;;;;;;/t11-;9-;;;;3-;;;;;;;;/m11...1......../s1. The first-order chi connectivity index (χ1) is 44.2. The molecular weight excluding hydrogens is 1710 g/mol. The van der Waals surface area contributed by atoms with Crippen LogP contribution in [0.2, 0.25) is 15.5 Å². The Bertz CT molecular complexity index is 4090. The van der Waals surface area contributed by atoms with Gasteiger partial charge in [0.15, 0.2) is 22.1 Å². The Morgan fingerprint density at radius 3 is 1.54 bits per heavy atom. The molecule has 3 atom stereocenters. The van der Waals surface area contributed by atoms with Crippen molar-refractivity contribution in [3.8, 4) is 39.7 Å². The largest absolute Gasteiger partial charge is 1.00 e. The van der Waals surface area contributed by atoms with Crippen LogP contribution in [0.5, 0.6) is 5.88 Å². The van der Waals surface area contributed by atoms with Crippen molar-refractivity contribution in [2.24, 2.45) is 5.73 Å². The molecule has 0 saturated heterocycles.